The number of rotatable bonds is 12. The number of hydrogen-bond donors (Lipinski definition) is 0. The number of fused-ring (bicyclic) bond motifs is 2. The standard InChI is InChI=1S/C21H32P.C17H24P.2ClH.Ti/c1-3-5-7-11-15-22(16-12-8-6-4-2)21-17-19-13-9-10-14-20(19)18-21;1-16(2,3)18(17(4,5)6)15-11-13-9-7-8-10-14(13)12-15;;;/h9-10,13-14,17-18H,3-8,11-12,15-16H2,1-2H3;7-12H,1-6H3;2*1H;/q2*-1;;;+4/p-2. The van der Waals surface area contributed by atoms with Crippen LogP contribution in [-0.2, 0) is 21.7 Å². The molecule has 0 heterocycles. The molecule has 0 aliphatic carbocycles. The molecule has 0 bridgehead atoms. The minimum atomic E-state index is -0.185. The van der Waals surface area contributed by atoms with Gasteiger partial charge in [0.1, 0.15) is 0 Å². The Bertz CT molecular complexity index is 1190. The first-order valence-corrected chi connectivity index (χ1v) is 19.0. The van der Waals surface area contributed by atoms with E-state index in [1.165, 1.54) is 85.2 Å². The van der Waals surface area contributed by atoms with E-state index in [4.69, 9.17) is 0 Å². The molecule has 0 fully saturated rings. The van der Waals surface area contributed by atoms with Crippen molar-refractivity contribution in [2.45, 2.75) is 117 Å². The maximum absolute atomic E-state index is 2.47. The van der Waals surface area contributed by atoms with Crippen molar-refractivity contribution in [3.63, 3.8) is 0 Å². The number of unbranched alkanes of at least 4 members (excludes halogenated alkanes) is 6. The normalized spacial score (nSPS) is 11.6. The molecule has 4 rings (SSSR count). The van der Waals surface area contributed by atoms with Crippen molar-refractivity contribution in [2.24, 2.45) is 0 Å². The molecule has 236 valence electrons. The molecule has 0 aliphatic rings. The molecule has 0 aliphatic heterocycles. The van der Waals surface area contributed by atoms with Crippen LogP contribution in [-0.4, -0.2) is 22.6 Å². The third-order valence-electron chi connectivity index (χ3n) is 7.73. The average molecular weight is 694 g/mol. The summed E-state index contributed by atoms with van der Waals surface area (Å²) < 4.78 is 0. The second-order valence-electron chi connectivity index (χ2n) is 13.5. The summed E-state index contributed by atoms with van der Waals surface area (Å²) in [5, 5.41) is 9.53. The van der Waals surface area contributed by atoms with E-state index in [9.17, 15) is 0 Å². The molecule has 0 radical (unpaired) electrons. The van der Waals surface area contributed by atoms with E-state index in [1.807, 2.05) is 0 Å². The summed E-state index contributed by atoms with van der Waals surface area (Å²) >= 11 is 0. The van der Waals surface area contributed by atoms with Crippen molar-refractivity contribution in [1.29, 1.82) is 0 Å². The third-order valence-corrected chi connectivity index (χ3v) is 13.9. The van der Waals surface area contributed by atoms with Gasteiger partial charge in [-0.15, -0.1) is 80.7 Å². The van der Waals surface area contributed by atoms with Gasteiger partial charge in [-0.1, -0.05) is 122 Å². The molecule has 0 saturated carbocycles. The molecule has 0 atom stereocenters. The Morgan fingerprint density at radius 2 is 0.953 bits per heavy atom. The molecular weight excluding hydrogens is 637 g/mol. The Morgan fingerprint density at radius 1 is 0.558 bits per heavy atom. The van der Waals surface area contributed by atoms with Crippen LogP contribution in [0.3, 0.4) is 0 Å². The van der Waals surface area contributed by atoms with E-state index in [-0.39, 0.29) is 62.4 Å². The molecule has 43 heavy (non-hydrogen) atoms. The minimum Gasteiger partial charge on any atom is -1.00 e. The second kappa shape index (κ2) is 20.8. The summed E-state index contributed by atoms with van der Waals surface area (Å²) in [6.07, 6.45) is 14.1. The van der Waals surface area contributed by atoms with Gasteiger partial charge < -0.3 is 24.8 Å². The zero-order chi connectivity index (χ0) is 29.2. The Morgan fingerprint density at radius 3 is 1.35 bits per heavy atom. The summed E-state index contributed by atoms with van der Waals surface area (Å²) in [7, 11) is -0.120. The van der Waals surface area contributed by atoms with E-state index in [0.717, 1.165) is 0 Å². The summed E-state index contributed by atoms with van der Waals surface area (Å²) in [6.45, 7) is 18.9. The molecule has 5 heteroatoms. The van der Waals surface area contributed by atoms with Crippen LogP contribution in [0.1, 0.15) is 107 Å². The van der Waals surface area contributed by atoms with Crippen LogP contribution >= 0.6 is 15.8 Å². The molecular formula is C38H56Cl2P2Ti. The van der Waals surface area contributed by atoms with Gasteiger partial charge in [-0.3, -0.25) is 0 Å². The van der Waals surface area contributed by atoms with Crippen LogP contribution in [0.4, 0.5) is 0 Å². The van der Waals surface area contributed by atoms with E-state index in [1.54, 1.807) is 10.6 Å². The van der Waals surface area contributed by atoms with Crippen molar-refractivity contribution in [3.05, 3.63) is 72.8 Å². The maximum atomic E-state index is 2.47. The summed E-state index contributed by atoms with van der Waals surface area (Å²) in [5.41, 5.74) is 0. The largest absolute Gasteiger partial charge is 4.00 e. The number of benzene rings is 2. The second-order valence-corrected chi connectivity index (χ2v) is 19.8. The third kappa shape index (κ3) is 13.6. The van der Waals surface area contributed by atoms with Gasteiger partial charge in [-0.05, 0) is 35.5 Å². The molecule has 4 aromatic rings. The quantitative estimate of drug-likeness (QED) is 0.0730. The summed E-state index contributed by atoms with van der Waals surface area (Å²) in [4.78, 5) is 0. The Labute approximate surface area is 294 Å². The fourth-order valence-corrected chi connectivity index (χ4v) is 12.9. The maximum Gasteiger partial charge on any atom is 4.00 e. The first-order chi connectivity index (χ1) is 19.0. The first-order valence-electron chi connectivity index (χ1n) is 15.9. The SMILES string of the molecule is CC(C)(C)P(c1cc2ccccc2[cH-]1)C(C)(C)C.CCCCCCP(CCCCCC)c1cc2ccccc2[cH-]1.[Cl-].[Cl-].[Ti+4]. The predicted molar refractivity (Wildman–Crippen MR) is 190 cm³/mol. The fourth-order valence-electron chi connectivity index (χ4n) is 6.19. The minimum absolute atomic E-state index is 0. The van der Waals surface area contributed by atoms with Gasteiger partial charge in [0.15, 0.2) is 0 Å². The smallest absolute Gasteiger partial charge is 1.00 e. The summed E-state index contributed by atoms with van der Waals surface area (Å²) in [5.74, 6) is 0. The topological polar surface area (TPSA) is 0 Å². The van der Waals surface area contributed by atoms with Crippen molar-refractivity contribution in [2.75, 3.05) is 12.3 Å². The van der Waals surface area contributed by atoms with Crippen LogP contribution in [0, 0.1) is 0 Å². The Kier molecular flexibility index (Phi) is 20.7. The molecule has 0 spiro atoms. The average Bonchev–Trinajstić information content (AvgIpc) is 3.50. The van der Waals surface area contributed by atoms with Crippen molar-refractivity contribution < 1.29 is 46.5 Å². The van der Waals surface area contributed by atoms with Crippen molar-refractivity contribution in [3.8, 4) is 0 Å². The monoisotopic (exact) mass is 692 g/mol. The zero-order valence-corrected chi connectivity index (χ0v) is 33.0. The fraction of sp³-hybridized carbons (Fsp3) is 0.526. The van der Waals surface area contributed by atoms with Gasteiger partial charge in [0.05, 0.1) is 0 Å². The van der Waals surface area contributed by atoms with Crippen molar-refractivity contribution in [1.82, 2.24) is 0 Å². The molecule has 0 saturated heterocycles. The molecule has 0 unspecified atom stereocenters. The Balaban J connectivity index is 0.000000779. The molecule has 4 aromatic carbocycles. The number of halogens is 2. The van der Waals surface area contributed by atoms with E-state index in [0.29, 0.717) is 10.3 Å². The number of hydrogen-bond acceptors (Lipinski definition) is 0. The Hall–Kier alpha value is -0.186. The van der Waals surface area contributed by atoms with Crippen LogP contribution in [0.25, 0.3) is 21.5 Å². The van der Waals surface area contributed by atoms with Crippen LogP contribution in [0.5, 0.6) is 0 Å². The summed E-state index contributed by atoms with van der Waals surface area (Å²) in [6, 6.07) is 27.3. The molecule has 0 N–H and O–H groups in total. The van der Waals surface area contributed by atoms with Gasteiger partial charge in [-0.25, -0.2) is 0 Å². The first kappa shape index (κ1) is 42.8. The van der Waals surface area contributed by atoms with E-state index >= 15 is 0 Å². The van der Waals surface area contributed by atoms with E-state index < -0.39 is 0 Å². The van der Waals surface area contributed by atoms with E-state index in [2.05, 4.69) is 128 Å². The molecule has 0 amide bonds. The van der Waals surface area contributed by atoms with Gasteiger partial charge >= 0.3 is 21.7 Å². The van der Waals surface area contributed by atoms with Crippen LogP contribution in [0.15, 0.2) is 72.8 Å². The van der Waals surface area contributed by atoms with Crippen LogP contribution < -0.4 is 35.4 Å². The van der Waals surface area contributed by atoms with Gasteiger partial charge in [-0.2, -0.15) is 12.1 Å². The molecule has 0 aromatic heterocycles. The van der Waals surface area contributed by atoms with Crippen molar-refractivity contribution >= 4 is 48.0 Å². The molecule has 0 nitrogen and oxygen atoms in total. The predicted octanol–water partition coefficient (Wildman–Crippen LogP) is 6.09. The van der Waals surface area contributed by atoms with Gasteiger partial charge in [0.2, 0.25) is 0 Å². The van der Waals surface area contributed by atoms with Gasteiger partial charge in [0.25, 0.3) is 0 Å². The zero-order valence-electron chi connectivity index (χ0n) is 28.1. The van der Waals surface area contributed by atoms with Crippen LogP contribution in [0.2, 0.25) is 0 Å². The van der Waals surface area contributed by atoms with Gasteiger partial charge in [0, 0.05) is 0 Å².